The summed E-state index contributed by atoms with van der Waals surface area (Å²) in [7, 11) is 0. The molecule has 0 unspecified atom stereocenters. The molecule has 0 bridgehead atoms. The molecule has 20 heavy (non-hydrogen) atoms. The van der Waals surface area contributed by atoms with Gasteiger partial charge in [0.15, 0.2) is 0 Å². The number of benzene rings is 1. The molecule has 0 fully saturated rings. The van der Waals surface area contributed by atoms with E-state index in [9.17, 15) is 0 Å². The third-order valence-corrected chi connectivity index (χ3v) is 4.75. The van der Waals surface area contributed by atoms with Crippen LogP contribution in [0.3, 0.4) is 0 Å². The number of thiazole rings is 1. The standard InChI is InChI=1S/C13H13N3O2S2/c1-7-15-12-10(20-7)6-9(8-3-5-19-13(8)12)18-4-2-11(14)16-17/h3,5-6,17H,2,4H2,1H3,(H2,14,16). The van der Waals surface area contributed by atoms with E-state index in [2.05, 4.69) is 10.1 Å². The molecule has 0 aliphatic carbocycles. The fourth-order valence-corrected chi connectivity index (χ4v) is 3.85. The van der Waals surface area contributed by atoms with Crippen LogP contribution < -0.4 is 10.5 Å². The van der Waals surface area contributed by atoms with Gasteiger partial charge in [0.1, 0.15) is 11.6 Å². The summed E-state index contributed by atoms with van der Waals surface area (Å²) >= 11 is 3.32. The van der Waals surface area contributed by atoms with Crippen molar-refractivity contribution >= 4 is 48.8 Å². The molecule has 3 rings (SSSR count). The predicted molar refractivity (Wildman–Crippen MR) is 83.3 cm³/mol. The van der Waals surface area contributed by atoms with Crippen LogP contribution in [-0.4, -0.2) is 22.6 Å². The quantitative estimate of drug-likeness (QED) is 0.335. The Kier molecular flexibility index (Phi) is 3.45. The van der Waals surface area contributed by atoms with Gasteiger partial charge in [-0.1, -0.05) is 5.16 Å². The molecule has 0 saturated carbocycles. The molecule has 0 aliphatic rings. The molecule has 0 spiro atoms. The van der Waals surface area contributed by atoms with Crippen molar-refractivity contribution in [2.45, 2.75) is 13.3 Å². The Bertz CT molecular complexity index is 791. The number of ether oxygens (including phenoxy) is 1. The van der Waals surface area contributed by atoms with Gasteiger partial charge in [-0.15, -0.1) is 22.7 Å². The van der Waals surface area contributed by atoms with E-state index in [-0.39, 0.29) is 5.84 Å². The molecule has 5 nitrogen and oxygen atoms in total. The van der Waals surface area contributed by atoms with Crippen molar-refractivity contribution in [3.05, 3.63) is 22.5 Å². The normalized spacial score (nSPS) is 12.3. The van der Waals surface area contributed by atoms with Gasteiger partial charge in [-0.3, -0.25) is 0 Å². The van der Waals surface area contributed by atoms with Gasteiger partial charge in [-0.25, -0.2) is 4.98 Å². The highest BCUT2D eigenvalue weighted by Crippen LogP contribution is 2.38. The summed E-state index contributed by atoms with van der Waals surface area (Å²) in [5.74, 6) is 0.990. The average Bonchev–Trinajstić information content (AvgIpc) is 3.03. The summed E-state index contributed by atoms with van der Waals surface area (Å²) in [4.78, 5) is 4.58. The molecule has 0 atom stereocenters. The van der Waals surface area contributed by atoms with Crippen molar-refractivity contribution in [1.29, 1.82) is 0 Å². The van der Waals surface area contributed by atoms with Crippen LogP contribution in [-0.2, 0) is 0 Å². The minimum atomic E-state index is 0.168. The van der Waals surface area contributed by atoms with Gasteiger partial charge in [0.25, 0.3) is 0 Å². The lowest BCUT2D eigenvalue weighted by molar-refractivity contribution is 0.307. The maximum Gasteiger partial charge on any atom is 0.142 e. The van der Waals surface area contributed by atoms with Gasteiger partial charge >= 0.3 is 0 Å². The molecule has 0 amide bonds. The number of hydrogen-bond acceptors (Lipinski definition) is 6. The van der Waals surface area contributed by atoms with Crippen molar-refractivity contribution < 1.29 is 9.94 Å². The Balaban J connectivity index is 1.98. The fraction of sp³-hybridized carbons (Fsp3) is 0.231. The lowest BCUT2D eigenvalue weighted by Crippen LogP contribution is -2.15. The molecule has 104 valence electrons. The number of aryl methyl sites for hydroxylation is 1. The minimum Gasteiger partial charge on any atom is -0.492 e. The van der Waals surface area contributed by atoms with Crippen LogP contribution in [0.4, 0.5) is 0 Å². The summed E-state index contributed by atoms with van der Waals surface area (Å²) in [6, 6.07) is 4.05. The number of hydrogen-bond donors (Lipinski definition) is 2. The van der Waals surface area contributed by atoms with Gasteiger partial charge < -0.3 is 15.7 Å². The van der Waals surface area contributed by atoms with Crippen LogP contribution in [0.2, 0.25) is 0 Å². The summed E-state index contributed by atoms with van der Waals surface area (Å²) in [5, 5.41) is 15.6. The van der Waals surface area contributed by atoms with Gasteiger partial charge in [0.2, 0.25) is 0 Å². The highest BCUT2D eigenvalue weighted by atomic mass is 32.1. The highest BCUT2D eigenvalue weighted by Gasteiger charge is 2.12. The third-order valence-electron chi connectivity index (χ3n) is 2.91. The van der Waals surface area contributed by atoms with Crippen molar-refractivity contribution in [2.24, 2.45) is 10.9 Å². The van der Waals surface area contributed by atoms with E-state index >= 15 is 0 Å². The largest absolute Gasteiger partial charge is 0.492 e. The van der Waals surface area contributed by atoms with E-state index < -0.39 is 0 Å². The monoisotopic (exact) mass is 307 g/mol. The molecule has 3 N–H and O–H groups in total. The second-order valence-corrected chi connectivity index (χ2v) is 6.46. The number of thiophene rings is 1. The SMILES string of the molecule is Cc1nc2c(cc(OCC/C(N)=N/O)c3ccsc32)s1. The van der Waals surface area contributed by atoms with Crippen molar-refractivity contribution in [3.63, 3.8) is 0 Å². The van der Waals surface area contributed by atoms with E-state index in [0.717, 1.165) is 31.1 Å². The zero-order valence-corrected chi connectivity index (χ0v) is 12.4. The van der Waals surface area contributed by atoms with Crippen LogP contribution >= 0.6 is 22.7 Å². The Morgan fingerprint density at radius 3 is 3.20 bits per heavy atom. The minimum absolute atomic E-state index is 0.168. The van der Waals surface area contributed by atoms with E-state index in [1.54, 1.807) is 22.7 Å². The van der Waals surface area contributed by atoms with Crippen molar-refractivity contribution in [1.82, 2.24) is 4.98 Å². The molecule has 0 saturated heterocycles. The molecule has 1 aromatic carbocycles. The second-order valence-electron chi connectivity index (χ2n) is 4.31. The van der Waals surface area contributed by atoms with Crippen molar-refractivity contribution in [2.75, 3.05) is 6.61 Å². The number of rotatable bonds is 4. The predicted octanol–water partition coefficient (Wildman–Crippen LogP) is 3.33. The number of aromatic nitrogens is 1. The molecule has 2 aromatic heterocycles. The van der Waals surface area contributed by atoms with E-state index in [1.165, 1.54) is 0 Å². The van der Waals surface area contributed by atoms with Crippen LogP contribution in [0.25, 0.3) is 20.3 Å². The number of fused-ring (bicyclic) bond motifs is 3. The summed E-state index contributed by atoms with van der Waals surface area (Å²) in [5.41, 5.74) is 6.48. The Labute approximate surface area is 123 Å². The smallest absolute Gasteiger partial charge is 0.142 e. The van der Waals surface area contributed by atoms with E-state index in [4.69, 9.17) is 15.7 Å². The summed E-state index contributed by atoms with van der Waals surface area (Å²) in [6.07, 6.45) is 0.391. The maximum atomic E-state index is 8.52. The van der Waals surface area contributed by atoms with Gasteiger partial charge in [-0.05, 0) is 18.4 Å². The van der Waals surface area contributed by atoms with Gasteiger partial charge in [0.05, 0.1) is 26.5 Å². The molecule has 2 heterocycles. The zero-order valence-electron chi connectivity index (χ0n) is 10.8. The molecular formula is C13H13N3O2S2. The summed E-state index contributed by atoms with van der Waals surface area (Å²) in [6.45, 7) is 2.38. The number of nitrogens with zero attached hydrogens (tertiary/aromatic N) is 2. The molecule has 3 aromatic rings. The van der Waals surface area contributed by atoms with Crippen molar-refractivity contribution in [3.8, 4) is 5.75 Å². The lowest BCUT2D eigenvalue weighted by atomic mass is 10.2. The van der Waals surface area contributed by atoms with Crippen LogP contribution in [0.1, 0.15) is 11.4 Å². The van der Waals surface area contributed by atoms with Gasteiger partial charge in [0, 0.05) is 17.9 Å². The number of amidine groups is 1. The van der Waals surface area contributed by atoms with E-state index in [1.807, 2.05) is 24.4 Å². The molecule has 0 radical (unpaired) electrons. The lowest BCUT2D eigenvalue weighted by Gasteiger charge is -2.07. The third kappa shape index (κ3) is 2.30. The van der Waals surface area contributed by atoms with Crippen LogP contribution in [0, 0.1) is 6.92 Å². The van der Waals surface area contributed by atoms with Crippen LogP contribution in [0.15, 0.2) is 22.7 Å². The molecular weight excluding hydrogens is 294 g/mol. The highest BCUT2D eigenvalue weighted by molar-refractivity contribution is 7.21. The molecule has 0 aliphatic heterocycles. The number of nitrogens with two attached hydrogens (primary N) is 1. The number of oxime groups is 1. The maximum absolute atomic E-state index is 8.52. The first-order valence-electron chi connectivity index (χ1n) is 6.05. The first-order valence-corrected chi connectivity index (χ1v) is 7.75. The molecule has 7 heteroatoms. The average molecular weight is 307 g/mol. The Hall–Kier alpha value is -1.86. The Morgan fingerprint density at radius 2 is 2.40 bits per heavy atom. The fourth-order valence-electron chi connectivity index (χ4n) is 2.02. The summed E-state index contributed by atoms with van der Waals surface area (Å²) < 4.78 is 8.05. The Morgan fingerprint density at radius 1 is 1.55 bits per heavy atom. The first-order chi connectivity index (χ1) is 9.69. The van der Waals surface area contributed by atoms with E-state index in [0.29, 0.717) is 13.0 Å². The zero-order chi connectivity index (χ0) is 14.1. The first kappa shape index (κ1) is 13.1. The van der Waals surface area contributed by atoms with Gasteiger partial charge in [-0.2, -0.15) is 0 Å². The second kappa shape index (κ2) is 5.26. The van der Waals surface area contributed by atoms with Crippen LogP contribution in [0.5, 0.6) is 5.75 Å². The topological polar surface area (TPSA) is 80.7 Å².